The first-order valence-corrected chi connectivity index (χ1v) is 7.84. The number of hydrogen-bond donors (Lipinski definition) is 2. The molecule has 0 saturated carbocycles. The molecule has 0 aliphatic rings. The molecule has 1 aromatic carbocycles. The van der Waals surface area contributed by atoms with Gasteiger partial charge in [-0.1, -0.05) is 19.4 Å². The number of pyridine rings is 1. The maximum absolute atomic E-state index is 12.3. The first-order valence-electron chi connectivity index (χ1n) is 7.84. The first kappa shape index (κ1) is 17.5. The van der Waals surface area contributed by atoms with Crippen LogP contribution in [0, 0.1) is 0 Å². The number of aromatic nitrogens is 1. The minimum Gasteiger partial charge on any atom is -0.497 e. The number of amides is 2. The van der Waals surface area contributed by atoms with E-state index in [9.17, 15) is 9.59 Å². The van der Waals surface area contributed by atoms with E-state index < -0.39 is 0 Å². The summed E-state index contributed by atoms with van der Waals surface area (Å²) >= 11 is 0. The fourth-order valence-corrected chi connectivity index (χ4v) is 2.03. The molecule has 2 N–H and O–H groups in total. The van der Waals surface area contributed by atoms with Crippen LogP contribution in [0.5, 0.6) is 5.75 Å². The maximum Gasteiger partial charge on any atom is 0.274 e. The zero-order chi connectivity index (χ0) is 17.4. The molecule has 0 bridgehead atoms. The van der Waals surface area contributed by atoms with Gasteiger partial charge in [0, 0.05) is 12.2 Å². The van der Waals surface area contributed by atoms with Crippen molar-refractivity contribution in [1.29, 1.82) is 0 Å². The summed E-state index contributed by atoms with van der Waals surface area (Å²) in [5, 5.41) is 5.52. The molecule has 0 spiro atoms. The lowest BCUT2D eigenvalue weighted by atomic mass is 10.2. The zero-order valence-electron chi connectivity index (χ0n) is 13.8. The standard InChI is InChI=1S/C18H21N3O3/c1-3-4-12-19-17(22)15-6-5-7-16(21-15)18(23)20-13-8-10-14(24-2)11-9-13/h5-11H,3-4,12H2,1-2H3,(H,19,22)(H,20,23). The molecule has 126 valence electrons. The fourth-order valence-electron chi connectivity index (χ4n) is 2.03. The number of unbranched alkanes of at least 4 members (excludes halogenated alkanes) is 1. The van der Waals surface area contributed by atoms with Crippen molar-refractivity contribution in [2.24, 2.45) is 0 Å². The number of ether oxygens (including phenoxy) is 1. The van der Waals surface area contributed by atoms with E-state index in [-0.39, 0.29) is 23.2 Å². The van der Waals surface area contributed by atoms with Crippen molar-refractivity contribution < 1.29 is 14.3 Å². The van der Waals surface area contributed by atoms with Gasteiger partial charge in [-0.2, -0.15) is 0 Å². The highest BCUT2D eigenvalue weighted by Crippen LogP contribution is 2.15. The second-order valence-electron chi connectivity index (χ2n) is 5.20. The molecule has 0 fully saturated rings. The molecule has 0 aliphatic heterocycles. The normalized spacial score (nSPS) is 10.1. The van der Waals surface area contributed by atoms with Crippen LogP contribution in [-0.4, -0.2) is 30.5 Å². The van der Waals surface area contributed by atoms with E-state index in [4.69, 9.17) is 4.74 Å². The van der Waals surface area contributed by atoms with Crippen LogP contribution in [0.25, 0.3) is 0 Å². The average Bonchev–Trinajstić information content (AvgIpc) is 2.62. The van der Waals surface area contributed by atoms with Crippen molar-refractivity contribution in [3.8, 4) is 5.75 Å². The number of anilines is 1. The van der Waals surface area contributed by atoms with E-state index in [0.717, 1.165) is 12.8 Å². The number of nitrogens with zero attached hydrogens (tertiary/aromatic N) is 1. The molecule has 2 rings (SSSR count). The summed E-state index contributed by atoms with van der Waals surface area (Å²) in [4.78, 5) is 28.4. The van der Waals surface area contributed by atoms with Crippen LogP contribution in [0.1, 0.15) is 40.7 Å². The van der Waals surface area contributed by atoms with Gasteiger partial charge in [0.05, 0.1) is 7.11 Å². The van der Waals surface area contributed by atoms with E-state index in [0.29, 0.717) is 18.0 Å². The van der Waals surface area contributed by atoms with E-state index in [1.54, 1.807) is 49.6 Å². The molecule has 0 radical (unpaired) electrons. The highest BCUT2D eigenvalue weighted by atomic mass is 16.5. The Bertz CT molecular complexity index is 699. The molecule has 0 aliphatic carbocycles. The van der Waals surface area contributed by atoms with Crippen molar-refractivity contribution in [3.63, 3.8) is 0 Å². The SMILES string of the molecule is CCCCNC(=O)c1cccc(C(=O)Nc2ccc(OC)cc2)n1. The summed E-state index contributed by atoms with van der Waals surface area (Å²) in [7, 11) is 1.58. The maximum atomic E-state index is 12.3. The first-order chi connectivity index (χ1) is 11.6. The number of carbonyl (C=O) groups excluding carboxylic acids is 2. The zero-order valence-corrected chi connectivity index (χ0v) is 13.8. The van der Waals surface area contributed by atoms with Crippen LogP contribution in [0.3, 0.4) is 0 Å². The molecule has 6 nitrogen and oxygen atoms in total. The predicted molar refractivity (Wildman–Crippen MR) is 92.4 cm³/mol. The molecule has 0 unspecified atom stereocenters. The number of nitrogens with one attached hydrogen (secondary N) is 2. The largest absolute Gasteiger partial charge is 0.497 e. The van der Waals surface area contributed by atoms with E-state index in [1.807, 2.05) is 0 Å². The molecule has 1 aromatic heterocycles. The van der Waals surface area contributed by atoms with Gasteiger partial charge in [0.15, 0.2) is 0 Å². The molecular weight excluding hydrogens is 306 g/mol. The highest BCUT2D eigenvalue weighted by molar-refractivity contribution is 6.03. The van der Waals surface area contributed by atoms with Gasteiger partial charge in [-0.05, 0) is 42.8 Å². The van der Waals surface area contributed by atoms with Crippen LogP contribution in [-0.2, 0) is 0 Å². The summed E-state index contributed by atoms with van der Waals surface area (Å²) in [6.07, 6.45) is 1.90. The Hall–Kier alpha value is -2.89. The van der Waals surface area contributed by atoms with Crippen LogP contribution >= 0.6 is 0 Å². The average molecular weight is 327 g/mol. The van der Waals surface area contributed by atoms with E-state index >= 15 is 0 Å². The summed E-state index contributed by atoms with van der Waals surface area (Å²) < 4.78 is 5.07. The Labute approximate surface area is 141 Å². The lowest BCUT2D eigenvalue weighted by Gasteiger charge is -2.07. The van der Waals surface area contributed by atoms with Crippen molar-refractivity contribution in [2.45, 2.75) is 19.8 Å². The topological polar surface area (TPSA) is 80.3 Å². The Balaban J connectivity index is 2.03. The lowest BCUT2D eigenvalue weighted by Crippen LogP contribution is -2.26. The second kappa shape index (κ2) is 8.67. The monoisotopic (exact) mass is 327 g/mol. The Kier molecular flexibility index (Phi) is 6.31. The molecular formula is C18H21N3O3. The van der Waals surface area contributed by atoms with Gasteiger partial charge in [-0.3, -0.25) is 9.59 Å². The molecule has 2 aromatic rings. The summed E-state index contributed by atoms with van der Waals surface area (Å²) in [5.41, 5.74) is 1.04. The fraction of sp³-hybridized carbons (Fsp3) is 0.278. The van der Waals surface area contributed by atoms with Gasteiger partial charge in [0.2, 0.25) is 0 Å². The number of benzene rings is 1. The minimum absolute atomic E-state index is 0.189. The highest BCUT2D eigenvalue weighted by Gasteiger charge is 2.12. The van der Waals surface area contributed by atoms with Gasteiger partial charge in [0.25, 0.3) is 11.8 Å². The predicted octanol–water partition coefficient (Wildman–Crippen LogP) is 2.87. The second-order valence-corrected chi connectivity index (χ2v) is 5.20. The lowest BCUT2D eigenvalue weighted by molar-refractivity contribution is 0.0948. The van der Waals surface area contributed by atoms with Crippen molar-refractivity contribution in [2.75, 3.05) is 19.0 Å². The molecule has 6 heteroatoms. The van der Waals surface area contributed by atoms with Crippen LogP contribution < -0.4 is 15.4 Å². The minimum atomic E-state index is -0.372. The summed E-state index contributed by atoms with van der Waals surface area (Å²) in [6.45, 7) is 2.65. The summed E-state index contributed by atoms with van der Waals surface area (Å²) in [5.74, 6) is 0.0581. The Morgan fingerprint density at radius 2 is 1.71 bits per heavy atom. The van der Waals surface area contributed by atoms with Crippen LogP contribution in [0.4, 0.5) is 5.69 Å². The van der Waals surface area contributed by atoms with E-state index in [2.05, 4.69) is 22.5 Å². The molecule has 24 heavy (non-hydrogen) atoms. The number of carbonyl (C=O) groups is 2. The van der Waals surface area contributed by atoms with Gasteiger partial charge >= 0.3 is 0 Å². The van der Waals surface area contributed by atoms with E-state index in [1.165, 1.54) is 0 Å². The molecule has 1 heterocycles. The quantitative estimate of drug-likeness (QED) is 0.766. The van der Waals surface area contributed by atoms with Crippen molar-refractivity contribution in [3.05, 3.63) is 53.9 Å². The molecule has 2 amide bonds. The smallest absolute Gasteiger partial charge is 0.274 e. The number of hydrogen-bond acceptors (Lipinski definition) is 4. The third kappa shape index (κ3) is 4.81. The van der Waals surface area contributed by atoms with Gasteiger partial charge in [0.1, 0.15) is 17.1 Å². The number of methoxy groups -OCH3 is 1. The Morgan fingerprint density at radius 1 is 1.04 bits per heavy atom. The third-order valence-electron chi connectivity index (χ3n) is 3.38. The molecule has 0 atom stereocenters. The van der Waals surface area contributed by atoms with Gasteiger partial charge in [-0.15, -0.1) is 0 Å². The third-order valence-corrected chi connectivity index (χ3v) is 3.38. The summed E-state index contributed by atoms with van der Waals surface area (Å²) in [6, 6.07) is 11.8. The van der Waals surface area contributed by atoms with Crippen LogP contribution in [0.15, 0.2) is 42.5 Å². The number of rotatable bonds is 7. The van der Waals surface area contributed by atoms with Crippen LogP contribution in [0.2, 0.25) is 0 Å². The van der Waals surface area contributed by atoms with Crippen molar-refractivity contribution >= 4 is 17.5 Å². The van der Waals surface area contributed by atoms with Gasteiger partial charge in [-0.25, -0.2) is 4.98 Å². The van der Waals surface area contributed by atoms with Gasteiger partial charge < -0.3 is 15.4 Å². The van der Waals surface area contributed by atoms with Crippen molar-refractivity contribution in [1.82, 2.24) is 10.3 Å². The molecule has 0 saturated heterocycles. The Morgan fingerprint density at radius 3 is 2.33 bits per heavy atom.